The summed E-state index contributed by atoms with van der Waals surface area (Å²) in [6.45, 7) is 0.0740. The van der Waals surface area contributed by atoms with Crippen molar-refractivity contribution in [2.24, 2.45) is 10.7 Å². The van der Waals surface area contributed by atoms with E-state index in [1.54, 1.807) is 36.4 Å². The molecule has 2 heterocycles. The molecule has 3 amide bonds. The molecule has 0 radical (unpaired) electrons. The van der Waals surface area contributed by atoms with Crippen LogP contribution in [0.3, 0.4) is 0 Å². The first kappa shape index (κ1) is 19.5. The third-order valence-electron chi connectivity index (χ3n) is 4.27. The van der Waals surface area contributed by atoms with E-state index in [1.165, 1.54) is 13.1 Å². The van der Waals surface area contributed by atoms with Crippen LogP contribution in [0.1, 0.15) is 16.1 Å². The number of nitrogens with one attached hydrogen (secondary N) is 3. The minimum Gasteiger partial charge on any atom is -0.367 e. The van der Waals surface area contributed by atoms with Crippen LogP contribution in [-0.2, 0) is 15.1 Å². The van der Waals surface area contributed by atoms with E-state index in [9.17, 15) is 14.4 Å². The molecule has 1 unspecified atom stereocenters. The third-order valence-corrected chi connectivity index (χ3v) is 4.48. The molecule has 9 nitrogen and oxygen atoms in total. The highest BCUT2D eigenvalue weighted by atomic mass is 35.5. The number of anilines is 1. The Morgan fingerprint density at radius 2 is 1.86 bits per heavy atom. The van der Waals surface area contributed by atoms with Crippen molar-refractivity contribution in [1.29, 1.82) is 0 Å². The van der Waals surface area contributed by atoms with Crippen molar-refractivity contribution in [3.8, 4) is 0 Å². The summed E-state index contributed by atoms with van der Waals surface area (Å²) in [7, 11) is 1.44. The zero-order valence-corrected chi connectivity index (χ0v) is 15.6. The number of carbonyl (C=O) groups excluding carboxylic acids is 3. The number of aromatic nitrogens is 1. The van der Waals surface area contributed by atoms with Crippen LogP contribution in [0.25, 0.3) is 0 Å². The van der Waals surface area contributed by atoms with Gasteiger partial charge in [0.2, 0.25) is 5.91 Å². The molecule has 3 rings (SSSR count). The molecular weight excluding hydrogens is 384 g/mol. The van der Waals surface area contributed by atoms with Crippen LogP contribution >= 0.6 is 11.6 Å². The van der Waals surface area contributed by atoms with Crippen molar-refractivity contribution in [3.05, 3.63) is 58.9 Å². The highest BCUT2D eigenvalue weighted by Gasteiger charge is 2.49. The summed E-state index contributed by atoms with van der Waals surface area (Å²) in [4.78, 5) is 44.7. The quantitative estimate of drug-likeness (QED) is 0.538. The molecule has 1 aliphatic heterocycles. The van der Waals surface area contributed by atoms with Gasteiger partial charge in [-0.05, 0) is 29.8 Å². The average molecular weight is 401 g/mol. The highest BCUT2D eigenvalue weighted by Crippen LogP contribution is 2.28. The Morgan fingerprint density at radius 1 is 1.14 bits per heavy atom. The van der Waals surface area contributed by atoms with Gasteiger partial charge in [0.15, 0.2) is 5.54 Å². The number of hydrogen-bond acceptors (Lipinski definition) is 6. The fourth-order valence-corrected chi connectivity index (χ4v) is 3.08. The number of carbonyl (C=O) groups is 3. The van der Waals surface area contributed by atoms with Gasteiger partial charge >= 0.3 is 0 Å². The molecule has 28 heavy (non-hydrogen) atoms. The minimum atomic E-state index is -1.54. The van der Waals surface area contributed by atoms with E-state index in [4.69, 9.17) is 17.3 Å². The molecule has 10 heteroatoms. The fourth-order valence-electron chi connectivity index (χ4n) is 2.92. The Labute approximate surface area is 165 Å². The van der Waals surface area contributed by atoms with E-state index in [1.807, 2.05) is 0 Å². The number of aliphatic imine (C=N–C) groups is 1. The summed E-state index contributed by atoms with van der Waals surface area (Å²) >= 11 is 5.80. The van der Waals surface area contributed by atoms with E-state index < -0.39 is 23.3 Å². The number of benzene rings is 1. The lowest BCUT2D eigenvalue weighted by Gasteiger charge is -2.27. The van der Waals surface area contributed by atoms with Gasteiger partial charge in [-0.1, -0.05) is 29.8 Å². The van der Waals surface area contributed by atoms with Crippen LogP contribution in [0.4, 0.5) is 5.69 Å². The first-order valence-electron chi connectivity index (χ1n) is 8.25. The van der Waals surface area contributed by atoms with Gasteiger partial charge in [0.25, 0.3) is 11.8 Å². The second-order valence-corrected chi connectivity index (χ2v) is 6.30. The van der Waals surface area contributed by atoms with Crippen molar-refractivity contribution in [2.75, 3.05) is 19.0 Å². The molecule has 0 spiro atoms. The van der Waals surface area contributed by atoms with E-state index in [0.717, 1.165) is 0 Å². The second kappa shape index (κ2) is 7.75. The summed E-state index contributed by atoms with van der Waals surface area (Å²) in [6.07, 6.45) is 0. The van der Waals surface area contributed by atoms with Crippen molar-refractivity contribution in [3.63, 3.8) is 0 Å². The van der Waals surface area contributed by atoms with E-state index >= 15 is 0 Å². The molecule has 0 bridgehead atoms. The third kappa shape index (κ3) is 3.45. The van der Waals surface area contributed by atoms with Crippen LogP contribution in [-0.4, -0.2) is 42.1 Å². The van der Waals surface area contributed by atoms with Crippen molar-refractivity contribution >= 4 is 40.7 Å². The molecule has 1 atom stereocenters. The van der Waals surface area contributed by atoms with Gasteiger partial charge in [-0.2, -0.15) is 0 Å². The van der Waals surface area contributed by atoms with Gasteiger partial charge in [0, 0.05) is 12.7 Å². The van der Waals surface area contributed by atoms with Crippen LogP contribution < -0.4 is 21.7 Å². The minimum absolute atomic E-state index is 0.0117. The monoisotopic (exact) mass is 400 g/mol. The smallest absolute Gasteiger partial charge is 0.274 e. The molecule has 5 N–H and O–H groups in total. The zero-order chi connectivity index (χ0) is 20.3. The molecule has 2 aromatic rings. The van der Waals surface area contributed by atoms with Crippen LogP contribution in [0.5, 0.6) is 0 Å². The number of primary amides is 1. The van der Waals surface area contributed by atoms with Gasteiger partial charge in [-0.15, -0.1) is 0 Å². The Balaban J connectivity index is 1.87. The number of hydrogen-bond donors (Lipinski definition) is 4. The lowest BCUT2D eigenvalue weighted by Crippen LogP contribution is -2.58. The Morgan fingerprint density at radius 3 is 2.46 bits per heavy atom. The standard InChI is InChI=1S/C18H17ClN6O3/c1-21-16(27)14-18(17(20)28,23-9-22-14)10-5-7-11(8-6-10)24-15(26)12-3-2-4-13(19)25-12/h2-8,23H,9H2,1H3,(H2,20,28)(H,21,27)(H,24,26). The van der Waals surface area contributed by atoms with Gasteiger partial charge in [0.1, 0.15) is 16.6 Å². The highest BCUT2D eigenvalue weighted by molar-refractivity contribution is 6.47. The van der Waals surface area contributed by atoms with Gasteiger partial charge in [-0.25, -0.2) is 4.98 Å². The van der Waals surface area contributed by atoms with Gasteiger partial charge < -0.3 is 16.4 Å². The molecule has 0 aliphatic carbocycles. The largest absolute Gasteiger partial charge is 0.367 e. The van der Waals surface area contributed by atoms with E-state index in [2.05, 4.69) is 25.9 Å². The van der Waals surface area contributed by atoms with Crippen molar-refractivity contribution in [2.45, 2.75) is 5.54 Å². The van der Waals surface area contributed by atoms with Gasteiger partial charge in [-0.3, -0.25) is 24.7 Å². The molecule has 144 valence electrons. The van der Waals surface area contributed by atoms with Crippen LogP contribution in [0.2, 0.25) is 5.15 Å². The van der Waals surface area contributed by atoms with E-state index in [-0.39, 0.29) is 23.2 Å². The lowest BCUT2D eigenvalue weighted by molar-refractivity contribution is -0.123. The molecular formula is C18H17ClN6O3. The molecule has 0 fully saturated rings. The molecule has 0 saturated carbocycles. The number of rotatable bonds is 5. The summed E-state index contributed by atoms with van der Waals surface area (Å²) in [5.74, 6) is -1.70. The predicted molar refractivity (Wildman–Crippen MR) is 104 cm³/mol. The molecule has 0 saturated heterocycles. The predicted octanol–water partition coefficient (Wildman–Crippen LogP) is 0.416. The van der Waals surface area contributed by atoms with Crippen LogP contribution in [0.15, 0.2) is 47.5 Å². The fraction of sp³-hybridized carbons (Fsp3) is 0.167. The summed E-state index contributed by atoms with van der Waals surface area (Å²) in [5, 5.41) is 8.24. The molecule has 1 aromatic heterocycles. The second-order valence-electron chi connectivity index (χ2n) is 5.91. The lowest BCUT2D eigenvalue weighted by atomic mass is 9.84. The number of halogens is 1. The summed E-state index contributed by atoms with van der Waals surface area (Å²) in [6, 6.07) is 11.1. The summed E-state index contributed by atoms with van der Waals surface area (Å²) in [5.41, 5.74) is 5.11. The molecule has 1 aliphatic rings. The number of amides is 3. The first-order chi connectivity index (χ1) is 13.4. The SMILES string of the molecule is CNC(=O)C1=NCNC1(C(N)=O)c1ccc(NC(=O)c2cccc(Cl)n2)cc1. The van der Waals surface area contributed by atoms with Gasteiger partial charge in [0.05, 0.1) is 6.67 Å². The number of pyridine rings is 1. The summed E-state index contributed by atoms with van der Waals surface area (Å²) < 4.78 is 0. The van der Waals surface area contributed by atoms with E-state index in [0.29, 0.717) is 11.3 Å². The topological polar surface area (TPSA) is 139 Å². The Kier molecular flexibility index (Phi) is 5.39. The Hall–Kier alpha value is -3.30. The average Bonchev–Trinajstić information content (AvgIpc) is 3.14. The maximum absolute atomic E-state index is 12.3. The zero-order valence-electron chi connectivity index (χ0n) is 14.8. The van der Waals surface area contributed by atoms with Crippen LogP contribution in [0, 0.1) is 0 Å². The van der Waals surface area contributed by atoms with Crippen molar-refractivity contribution < 1.29 is 14.4 Å². The number of nitrogens with two attached hydrogens (primary N) is 1. The number of nitrogens with zero attached hydrogens (tertiary/aromatic N) is 2. The maximum Gasteiger partial charge on any atom is 0.274 e. The molecule has 1 aromatic carbocycles. The first-order valence-corrected chi connectivity index (χ1v) is 8.62. The Bertz CT molecular complexity index is 976. The normalized spacial score (nSPS) is 18.3. The van der Waals surface area contributed by atoms with Crippen molar-refractivity contribution in [1.82, 2.24) is 15.6 Å². The maximum atomic E-state index is 12.3.